The predicted octanol–water partition coefficient (Wildman–Crippen LogP) is 3.06. The van der Waals surface area contributed by atoms with E-state index in [4.69, 9.17) is 0 Å². The molecule has 3 nitrogen and oxygen atoms in total. The molecule has 1 heterocycles. The summed E-state index contributed by atoms with van der Waals surface area (Å²) in [6.07, 6.45) is 8.30. The molecule has 5 heteroatoms. The molecule has 2 aliphatic rings. The van der Waals surface area contributed by atoms with E-state index in [1.165, 1.54) is 11.3 Å². The lowest BCUT2D eigenvalue weighted by molar-refractivity contribution is -0.120. The molecule has 1 amide bonds. The summed E-state index contributed by atoms with van der Waals surface area (Å²) in [6.45, 7) is 0. The van der Waals surface area contributed by atoms with Crippen LogP contribution in [-0.4, -0.2) is 10.9 Å². The number of halogens is 1. The highest BCUT2D eigenvalue weighted by Crippen LogP contribution is 2.43. The third-order valence-electron chi connectivity index (χ3n) is 3.32. The summed E-state index contributed by atoms with van der Waals surface area (Å²) in [5.74, 6) is 1.36. The molecule has 2 bridgehead atoms. The van der Waals surface area contributed by atoms with Gasteiger partial charge in [-0.15, -0.1) is 0 Å². The van der Waals surface area contributed by atoms with E-state index in [0.717, 1.165) is 16.6 Å². The number of thiazole rings is 1. The Bertz CT molecular complexity index is 457. The fourth-order valence-corrected chi connectivity index (χ4v) is 3.70. The van der Waals surface area contributed by atoms with Crippen LogP contribution in [0.15, 0.2) is 22.1 Å². The van der Waals surface area contributed by atoms with Crippen molar-refractivity contribution in [3.05, 3.63) is 22.1 Å². The first-order chi connectivity index (χ1) is 7.72. The Kier molecular flexibility index (Phi) is 2.59. The number of carbonyl (C=O) groups is 1. The van der Waals surface area contributed by atoms with Crippen molar-refractivity contribution in [2.45, 2.75) is 12.8 Å². The second kappa shape index (κ2) is 3.96. The molecule has 0 saturated heterocycles. The van der Waals surface area contributed by atoms with Crippen molar-refractivity contribution < 1.29 is 4.79 Å². The third-order valence-corrected chi connectivity index (χ3v) is 4.71. The molecule has 3 rings (SSSR count). The van der Waals surface area contributed by atoms with Gasteiger partial charge in [0.05, 0.1) is 9.98 Å². The van der Waals surface area contributed by atoms with Gasteiger partial charge in [0.2, 0.25) is 5.91 Å². The first-order valence-corrected chi connectivity index (χ1v) is 6.94. The number of rotatable bonds is 2. The SMILES string of the molecule is O=C(Nc1ncc(Br)s1)C1CC2C=CC1C2. The van der Waals surface area contributed by atoms with Crippen LogP contribution in [0.3, 0.4) is 0 Å². The molecule has 84 valence electrons. The van der Waals surface area contributed by atoms with Crippen molar-refractivity contribution in [1.29, 1.82) is 0 Å². The summed E-state index contributed by atoms with van der Waals surface area (Å²) in [4.78, 5) is 16.1. The summed E-state index contributed by atoms with van der Waals surface area (Å²) in [6, 6.07) is 0. The van der Waals surface area contributed by atoms with E-state index in [-0.39, 0.29) is 11.8 Å². The smallest absolute Gasteiger partial charge is 0.229 e. The Hall–Kier alpha value is -0.680. The molecule has 0 radical (unpaired) electrons. The topological polar surface area (TPSA) is 42.0 Å². The highest BCUT2D eigenvalue weighted by atomic mass is 79.9. The molecule has 0 aromatic carbocycles. The van der Waals surface area contributed by atoms with Gasteiger partial charge in [0.15, 0.2) is 5.13 Å². The van der Waals surface area contributed by atoms with Crippen LogP contribution in [-0.2, 0) is 4.79 Å². The van der Waals surface area contributed by atoms with Crippen LogP contribution in [0, 0.1) is 17.8 Å². The standard InChI is InChI=1S/C11H11BrN2OS/c12-9-5-13-11(16-9)14-10(15)8-4-6-1-2-7(8)3-6/h1-2,5-8H,3-4H2,(H,13,14,15). The third kappa shape index (κ3) is 1.82. The van der Waals surface area contributed by atoms with Gasteiger partial charge in [-0.3, -0.25) is 4.79 Å². The van der Waals surface area contributed by atoms with Gasteiger partial charge in [0.1, 0.15) is 0 Å². The van der Waals surface area contributed by atoms with E-state index in [1.54, 1.807) is 6.20 Å². The summed E-state index contributed by atoms with van der Waals surface area (Å²) in [7, 11) is 0. The van der Waals surface area contributed by atoms with Crippen molar-refractivity contribution in [2.24, 2.45) is 17.8 Å². The summed E-state index contributed by atoms with van der Waals surface area (Å²) in [5, 5.41) is 3.58. The van der Waals surface area contributed by atoms with E-state index < -0.39 is 0 Å². The average Bonchev–Trinajstić information content (AvgIpc) is 2.93. The maximum atomic E-state index is 12.0. The maximum absolute atomic E-state index is 12.0. The van der Waals surface area contributed by atoms with Crippen molar-refractivity contribution >= 4 is 38.3 Å². The van der Waals surface area contributed by atoms with E-state index in [9.17, 15) is 4.79 Å². The predicted molar refractivity (Wildman–Crippen MR) is 67.3 cm³/mol. The zero-order chi connectivity index (χ0) is 11.1. The van der Waals surface area contributed by atoms with Crippen LogP contribution in [0.2, 0.25) is 0 Å². The molecule has 2 aliphatic carbocycles. The van der Waals surface area contributed by atoms with Gasteiger partial charge in [0, 0.05) is 5.92 Å². The number of carbonyl (C=O) groups excluding carboxylic acids is 1. The Balaban J connectivity index is 1.68. The lowest BCUT2D eigenvalue weighted by Gasteiger charge is -2.16. The zero-order valence-corrected chi connectivity index (χ0v) is 10.9. The minimum absolute atomic E-state index is 0.124. The minimum Gasteiger partial charge on any atom is -0.302 e. The summed E-state index contributed by atoms with van der Waals surface area (Å²) < 4.78 is 0.940. The largest absolute Gasteiger partial charge is 0.302 e. The first kappa shape index (κ1) is 10.5. The number of allylic oxidation sites excluding steroid dienone is 2. The van der Waals surface area contributed by atoms with Crippen molar-refractivity contribution in [3.8, 4) is 0 Å². The lowest BCUT2D eigenvalue weighted by atomic mass is 9.93. The van der Waals surface area contributed by atoms with E-state index in [0.29, 0.717) is 17.0 Å². The number of hydrogen-bond donors (Lipinski definition) is 1. The van der Waals surface area contributed by atoms with Crippen LogP contribution in [0.1, 0.15) is 12.8 Å². The van der Waals surface area contributed by atoms with Crippen LogP contribution in [0.4, 0.5) is 5.13 Å². The van der Waals surface area contributed by atoms with Crippen LogP contribution in [0.25, 0.3) is 0 Å². The Labute approximate surface area is 106 Å². The Morgan fingerprint density at radius 3 is 2.94 bits per heavy atom. The number of fused-ring (bicyclic) bond motifs is 2. The second-order valence-corrected chi connectivity index (χ2v) is 6.76. The first-order valence-electron chi connectivity index (χ1n) is 5.33. The maximum Gasteiger partial charge on any atom is 0.229 e. The molecule has 16 heavy (non-hydrogen) atoms. The molecule has 1 aromatic rings. The fourth-order valence-electron chi connectivity index (χ4n) is 2.59. The molecule has 3 unspecified atom stereocenters. The van der Waals surface area contributed by atoms with Gasteiger partial charge in [-0.1, -0.05) is 23.5 Å². The van der Waals surface area contributed by atoms with Gasteiger partial charge in [0.25, 0.3) is 0 Å². The summed E-state index contributed by atoms with van der Waals surface area (Å²) >= 11 is 4.78. The fraction of sp³-hybridized carbons (Fsp3) is 0.455. The Morgan fingerprint density at radius 2 is 2.38 bits per heavy atom. The molecular formula is C11H11BrN2OS. The molecule has 0 spiro atoms. The van der Waals surface area contributed by atoms with Crippen LogP contribution < -0.4 is 5.32 Å². The van der Waals surface area contributed by atoms with Crippen molar-refractivity contribution in [1.82, 2.24) is 4.98 Å². The number of amides is 1. The minimum atomic E-state index is 0.124. The molecule has 1 N–H and O–H groups in total. The van der Waals surface area contributed by atoms with Crippen molar-refractivity contribution in [2.75, 3.05) is 5.32 Å². The van der Waals surface area contributed by atoms with Crippen LogP contribution >= 0.6 is 27.3 Å². The quantitative estimate of drug-likeness (QED) is 0.853. The summed E-state index contributed by atoms with van der Waals surface area (Å²) in [5.41, 5.74) is 0. The monoisotopic (exact) mass is 298 g/mol. The van der Waals surface area contributed by atoms with Gasteiger partial charge in [-0.2, -0.15) is 0 Å². The molecule has 1 aromatic heterocycles. The second-order valence-electron chi connectivity index (χ2n) is 4.35. The van der Waals surface area contributed by atoms with E-state index in [1.807, 2.05) is 0 Å². The zero-order valence-electron chi connectivity index (χ0n) is 8.52. The van der Waals surface area contributed by atoms with Crippen LogP contribution in [0.5, 0.6) is 0 Å². The van der Waals surface area contributed by atoms with Gasteiger partial charge in [-0.05, 0) is 40.6 Å². The number of aromatic nitrogens is 1. The van der Waals surface area contributed by atoms with E-state index >= 15 is 0 Å². The molecule has 1 fully saturated rings. The molecular weight excluding hydrogens is 288 g/mol. The van der Waals surface area contributed by atoms with Gasteiger partial charge < -0.3 is 5.32 Å². The Morgan fingerprint density at radius 1 is 1.50 bits per heavy atom. The number of hydrogen-bond acceptors (Lipinski definition) is 3. The number of nitrogens with zero attached hydrogens (tertiary/aromatic N) is 1. The molecule has 0 aliphatic heterocycles. The highest BCUT2D eigenvalue weighted by Gasteiger charge is 2.39. The van der Waals surface area contributed by atoms with Gasteiger partial charge in [-0.25, -0.2) is 4.98 Å². The van der Waals surface area contributed by atoms with E-state index in [2.05, 4.69) is 38.4 Å². The highest BCUT2D eigenvalue weighted by molar-refractivity contribution is 9.11. The van der Waals surface area contributed by atoms with Crippen molar-refractivity contribution in [3.63, 3.8) is 0 Å². The van der Waals surface area contributed by atoms with Gasteiger partial charge >= 0.3 is 0 Å². The number of nitrogens with one attached hydrogen (secondary N) is 1. The normalized spacial score (nSPS) is 30.9. The molecule has 1 saturated carbocycles. The average molecular weight is 299 g/mol. The lowest BCUT2D eigenvalue weighted by Crippen LogP contribution is -2.25. The molecule has 3 atom stereocenters. The number of anilines is 1.